The lowest BCUT2D eigenvalue weighted by Crippen LogP contribution is -2.38. The fourth-order valence-corrected chi connectivity index (χ4v) is 3.53. The molecule has 96 valence electrons. The van der Waals surface area contributed by atoms with E-state index < -0.39 is 0 Å². The maximum Gasteiger partial charge on any atom is 0.202 e. The fraction of sp³-hybridized carbons (Fsp3) is 0.538. The molecule has 0 radical (unpaired) electrons. The molecule has 0 aromatic carbocycles. The number of imidazole rings is 1. The number of thioether (sulfide) groups is 1. The van der Waals surface area contributed by atoms with E-state index in [1.54, 1.807) is 0 Å². The number of nitrogen functional groups attached to an aromatic ring is 1. The van der Waals surface area contributed by atoms with Gasteiger partial charge < -0.3 is 5.73 Å². The van der Waals surface area contributed by atoms with Gasteiger partial charge in [0.25, 0.3) is 0 Å². The summed E-state index contributed by atoms with van der Waals surface area (Å²) in [6.45, 7) is 2.95. The van der Waals surface area contributed by atoms with Crippen molar-refractivity contribution in [3.05, 3.63) is 17.8 Å². The Kier molecular flexibility index (Phi) is 2.73. The first kappa shape index (κ1) is 11.8. The zero-order chi connectivity index (χ0) is 12.8. The van der Waals surface area contributed by atoms with Crippen LogP contribution in [0.5, 0.6) is 0 Å². The number of nitrogens with zero attached hydrogens (tertiary/aromatic N) is 3. The summed E-state index contributed by atoms with van der Waals surface area (Å²) in [6.07, 6.45) is 7.91. The first-order valence-electron chi connectivity index (χ1n) is 6.27. The molecule has 0 aliphatic heterocycles. The lowest BCUT2D eigenvalue weighted by molar-refractivity contribution is 0.326. The molecule has 0 bridgehead atoms. The van der Waals surface area contributed by atoms with E-state index >= 15 is 0 Å². The summed E-state index contributed by atoms with van der Waals surface area (Å²) >= 11 is 1.95. The van der Waals surface area contributed by atoms with E-state index in [4.69, 9.17) is 5.73 Å². The normalized spacial score (nSPS) is 17.9. The zero-order valence-electron chi connectivity index (χ0n) is 10.8. The van der Waals surface area contributed by atoms with E-state index in [-0.39, 0.29) is 0 Å². The highest BCUT2D eigenvalue weighted by molar-refractivity contribution is 8.00. The van der Waals surface area contributed by atoms with Crippen LogP contribution >= 0.6 is 11.8 Å². The van der Waals surface area contributed by atoms with Gasteiger partial charge in [-0.2, -0.15) is 11.8 Å². The topological polar surface area (TPSA) is 56.7 Å². The van der Waals surface area contributed by atoms with Gasteiger partial charge in [-0.15, -0.1) is 0 Å². The number of aromatic nitrogens is 3. The largest absolute Gasteiger partial charge is 0.369 e. The Morgan fingerprint density at radius 2 is 2.28 bits per heavy atom. The molecule has 2 heterocycles. The Hall–Kier alpha value is -1.23. The van der Waals surface area contributed by atoms with Crippen molar-refractivity contribution in [3.63, 3.8) is 0 Å². The zero-order valence-corrected chi connectivity index (χ0v) is 11.6. The third kappa shape index (κ3) is 1.77. The van der Waals surface area contributed by atoms with Crippen LogP contribution in [0, 0.1) is 6.92 Å². The van der Waals surface area contributed by atoms with Crippen LogP contribution in [0.15, 0.2) is 12.3 Å². The molecule has 5 heteroatoms. The third-order valence-electron chi connectivity index (χ3n) is 3.90. The monoisotopic (exact) mass is 262 g/mol. The first-order valence-corrected chi connectivity index (χ1v) is 7.49. The second-order valence-corrected chi connectivity index (χ2v) is 6.43. The number of rotatable bonds is 3. The highest BCUT2D eigenvalue weighted by atomic mass is 32.2. The van der Waals surface area contributed by atoms with Crippen LogP contribution in [0.1, 0.15) is 24.8 Å². The maximum absolute atomic E-state index is 6.05. The summed E-state index contributed by atoms with van der Waals surface area (Å²) in [5.74, 6) is 0.587. The number of fused-ring (bicyclic) bond motifs is 1. The van der Waals surface area contributed by atoms with Crippen LogP contribution in [0.4, 0.5) is 5.95 Å². The van der Waals surface area contributed by atoms with Crippen molar-refractivity contribution in [1.29, 1.82) is 0 Å². The Morgan fingerprint density at radius 1 is 1.50 bits per heavy atom. The van der Waals surface area contributed by atoms with E-state index in [1.807, 2.05) is 30.9 Å². The number of nitrogens with two attached hydrogens (primary N) is 1. The number of anilines is 1. The molecule has 1 aliphatic carbocycles. The molecule has 0 spiro atoms. The average Bonchev–Trinajstić information content (AvgIpc) is 2.59. The lowest BCUT2D eigenvalue weighted by atomic mass is 9.84. The van der Waals surface area contributed by atoms with Crippen LogP contribution in [0.3, 0.4) is 0 Å². The van der Waals surface area contributed by atoms with Crippen molar-refractivity contribution in [1.82, 2.24) is 14.5 Å². The van der Waals surface area contributed by atoms with E-state index in [1.165, 1.54) is 19.3 Å². The SMILES string of the molecule is CSC1(Cn2c(N)nc3cc(C)cnc32)CCC1. The van der Waals surface area contributed by atoms with Crippen molar-refractivity contribution < 1.29 is 0 Å². The minimum atomic E-state index is 0.342. The second kappa shape index (κ2) is 4.16. The molecule has 0 saturated heterocycles. The molecule has 2 aromatic heterocycles. The number of hydrogen-bond donors (Lipinski definition) is 1. The van der Waals surface area contributed by atoms with Crippen molar-refractivity contribution in [2.24, 2.45) is 0 Å². The molecule has 2 aromatic rings. The Balaban J connectivity index is 2.03. The molecular weight excluding hydrogens is 244 g/mol. The molecule has 1 saturated carbocycles. The molecule has 0 atom stereocenters. The molecule has 4 nitrogen and oxygen atoms in total. The standard InChI is InChI=1S/C13H18N4S/c1-9-6-10-11(15-7-9)17(12(14)16-10)8-13(18-2)4-3-5-13/h6-7H,3-5,8H2,1-2H3,(H2,14,16). The molecule has 1 aliphatic rings. The van der Waals surface area contributed by atoms with Gasteiger partial charge in [-0.1, -0.05) is 6.42 Å². The summed E-state index contributed by atoms with van der Waals surface area (Å²) in [5.41, 5.74) is 8.99. The predicted molar refractivity (Wildman–Crippen MR) is 76.8 cm³/mol. The summed E-state index contributed by atoms with van der Waals surface area (Å²) in [5, 5.41) is 0. The molecule has 1 fully saturated rings. The van der Waals surface area contributed by atoms with E-state index in [0.29, 0.717) is 10.7 Å². The smallest absolute Gasteiger partial charge is 0.202 e. The van der Waals surface area contributed by atoms with Crippen molar-refractivity contribution >= 4 is 28.9 Å². The fourth-order valence-electron chi connectivity index (χ4n) is 2.57. The minimum absolute atomic E-state index is 0.342. The Morgan fingerprint density at radius 3 is 2.89 bits per heavy atom. The van der Waals surface area contributed by atoms with Crippen molar-refractivity contribution in [3.8, 4) is 0 Å². The Labute approximate surface area is 111 Å². The van der Waals surface area contributed by atoms with Gasteiger partial charge in [-0.25, -0.2) is 9.97 Å². The summed E-state index contributed by atoms with van der Waals surface area (Å²) in [7, 11) is 0. The lowest BCUT2D eigenvalue weighted by Gasteiger charge is -2.40. The van der Waals surface area contributed by atoms with Crippen LogP contribution in [0.2, 0.25) is 0 Å². The van der Waals surface area contributed by atoms with Crippen LogP contribution < -0.4 is 5.73 Å². The summed E-state index contributed by atoms with van der Waals surface area (Å²) < 4.78 is 2.42. The highest BCUT2D eigenvalue weighted by Gasteiger charge is 2.37. The highest BCUT2D eigenvalue weighted by Crippen LogP contribution is 2.44. The molecule has 0 amide bonds. The van der Waals surface area contributed by atoms with Gasteiger partial charge >= 0.3 is 0 Å². The number of hydrogen-bond acceptors (Lipinski definition) is 4. The van der Waals surface area contributed by atoms with E-state index in [0.717, 1.165) is 23.3 Å². The summed E-state index contributed by atoms with van der Waals surface area (Å²) in [6, 6.07) is 2.04. The van der Waals surface area contributed by atoms with Gasteiger partial charge in [-0.05, 0) is 37.7 Å². The number of aryl methyl sites for hydroxylation is 1. The van der Waals surface area contributed by atoms with Crippen LogP contribution in [-0.2, 0) is 6.54 Å². The summed E-state index contributed by atoms with van der Waals surface area (Å²) in [4.78, 5) is 8.91. The quantitative estimate of drug-likeness (QED) is 0.923. The maximum atomic E-state index is 6.05. The van der Waals surface area contributed by atoms with Gasteiger partial charge in [0, 0.05) is 17.5 Å². The average molecular weight is 262 g/mol. The molecule has 3 rings (SSSR count). The number of pyridine rings is 1. The minimum Gasteiger partial charge on any atom is -0.369 e. The predicted octanol–water partition coefficient (Wildman–Crippen LogP) is 2.61. The van der Waals surface area contributed by atoms with Gasteiger partial charge in [0.1, 0.15) is 5.52 Å². The Bertz CT molecular complexity index is 580. The van der Waals surface area contributed by atoms with Gasteiger partial charge in [0.05, 0.1) is 0 Å². The molecular formula is C13H18N4S. The second-order valence-electron chi connectivity index (χ2n) is 5.15. The van der Waals surface area contributed by atoms with E-state index in [2.05, 4.69) is 20.8 Å². The molecule has 2 N–H and O–H groups in total. The van der Waals surface area contributed by atoms with Crippen molar-refractivity contribution in [2.45, 2.75) is 37.5 Å². The third-order valence-corrected chi connectivity index (χ3v) is 5.30. The van der Waals surface area contributed by atoms with E-state index in [9.17, 15) is 0 Å². The molecule has 0 unspecified atom stereocenters. The van der Waals surface area contributed by atoms with Gasteiger partial charge in [0.2, 0.25) is 5.95 Å². The van der Waals surface area contributed by atoms with Gasteiger partial charge in [-0.3, -0.25) is 4.57 Å². The van der Waals surface area contributed by atoms with Crippen LogP contribution in [-0.4, -0.2) is 25.5 Å². The van der Waals surface area contributed by atoms with Crippen LogP contribution in [0.25, 0.3) is 11.2 Å². The van der Waals surface area contributed by atoms with Gasteiger partial charge in [0.15, 0.2) is 5.65 Å². The van der Waals surface area contributed by atoms with Crippen molar-refractivity contribution in [2.75, 3.05) is 12.0 Å². The first-order chi connectivity index (χ1) is 8.63. The molecule has 18 heavy (non-hydrogen) atoms.